The molecule has 16 heteroatoms. The van der Waals surface area contributed by atoms with Crippen molar-refractivity contribution in [3.05, 3.63) is 90.1 Å². The lowest BCUT2D eigenvalue weighted by Crippen LogP contribution is -2.59. The molecule has 4 heterocycles. The van der Waals surface area contributed by atoms with Crippen LogP contribution in [-0.2, 0) is 36.1 Å². The maximum Gasteiger partial charge on any atom is 0.347 e. The van der Waals surface area contributed by atoms with E-state index in [1.165, 1.54) is 35.2 Å². The molecule has 2 fully saturated rings. The van der Waals surface area contributed by atoms with Crippen LogP contribution in [0.3, 0.4) is 0 Å². The van der Waals surface area contributed by atoms with Gasteiger partial charge in [-0.1, -0.05) is 24.3 Å². The fourth-order valence-electron chi connectivity index (χ4n) is 7.60. The summed E-state index contributed by atoms with van der Waals surface area (Å²) in [5, 5.41) is 11.2. The van der Waals surface area contributed by atoms with Gasteiger partial charge in [0.2, 0.25) is 0 Å². The van der Waals surface area contributed by atoms with Crippen LogP contribution in [0.25, 0.3) is 11.0 Å². The number of halogens is 2. The number of carbonyl (C=O) groups is 2. The average Bonchev–Trinajstić information content (AvgIpc) is 3.40. The van der Waals surface area contributed by atoms with Crippen molar-refractivity contribution in [3.63, 3.8) is 0 Å². The fraction of sp³-hybridized carbons (Fsp3) is 0.394. The van der Waals surface area contributed by atoms with Crippen molar-refractivity contribution in [2.24, 2.45) is 7.05 Å². The van der Waals surface area contributed by atoms with Crippen LogP contribution in [0.15, 0.2) is 56.4 Å². The molecule has 7 rings (SSSR count). The van der Waals surface area contributed by atoms with E-state index in [1.54, 1.807) is 50.4 Å². The first-order valence-electron chi connectivity index (χ1n) is 15.4. The molecule has 2 aromatic heterocycles. The Balaban J connectivity index is 1.32. The third-order valence-corrected chi connectivity index (χ3v) is 11.6. The van der Waals surface area contributed by atoms with Crippen molar-refractivity contribution in [1.29, 1.82) is 0 Å². The summed E-state index contributed by atoms with van der Waals surface area (Å²) in [5.74, 6) is -1.88. The van der Waals surface area contributed by atoms with Gasteiger partial charge in [0.25, 0.3) is 17.4 Å². The molecule has 1 aliphatic carbocycles. The summed E-state index contributed by atoms with van der Waals surface area (Å²) in [7, 11) is 5.85. The molecule has 0 radical (unpaired) electrons. The number of phenolic OH excluding ortho intramolecular Hbond substituents is 1. The van der Waals surface area contributed by atoms with E-state index in [-0.39, 0.29) is 42.9 Å². The second-order valence-corrected chi connectivity index (χ2v) is 13.8. The molecule has 2 aliphatic heterocycles. The zero-order chi connectivity index (χ0) is 35.3. The number of nitrogens with zero attached hydrogens (tertiary/aromatic N) is 6. The molecule has 256 valence electrons. The number of methoxy groups -OCH3 is 2. The van der Waals surface area contributed by atoms with Crippen LogP contribution in [0.4, 0.5) is 0 Å². The highest BCUT2D eigenvalue weighted by atomic mass is 35.5. The van der Waals surface area contributed by atoms with Crippen LogP contribution >= 0.6 is 23.2 Å². The molecule has 2 amide bonds. The molecule has 0 spiro atoms. The first kappa shape index (κ1) is 32.7. The van der Waals surface area contributed by atoms with Crippen LogP contribution in [0.1, 0.15) is 35.2 Å². The summed E-state index contributed by atoms with van der Waals surface area (Å²) in [6, 6.07) is 7.29. The number of hydrogen-bond acceptors (Lipinski definition) is 9. The van der Waals surface area contributed by atoms with E-state index in [2.05, 4.69) is 4.98 Å². The Morgan fingerprint density at radius 3 is 2.39 bits per heavy atom. The minimum absolute atomic E-state index is 0.0527. The average molecular weight is 712 g/mol. The predicted octanol–water partition coefficient (Wildman–Crippen LogP) is 1.95. The largest absolute Gasteiger partial charge is 0.507 e. The minimum atomic E-state index is -2.03. The van der Waals surface area contributed by atoms with Gasteiger partial charge in [-0.3, -0.25) is 19.3 Å². The molecule has 3 aliphatic rings. The number of amides is 2. The van der Waals surface area contributed by atoms with Gasteiger partial charge in [0.15, 0.2) is 21.2 Å². The molecule has 1 N–H and O–H groups in total. The summed E-state index contributed by atoms with van der Waals surface area (Å²) < 4.78 is 15.6. The zero-order valence-electron chi connectivity index (χ0n) is 27.2. The highest BCUT2D eigenvalue weighted by Gasteiger charge is 2.75. The Hall–Kier alpha value is -4.82. The SMILES string of the molecule is COc1cc2nc(CCn3c(=O)n4n(c3=O)C3CC5(Cl)C(=O)N(C)C(=O)C5(Cl)C(c5cccc(C)c5O)C3=CC4)c(=O)n(C)c2cc1OC. The lowest BCUT2D eigenvalue weighted by atomic mass is 9.64. The van der Waals surface area contributed by atoms with E-state index in [4.69, 9.17) is 32.7 Å². The number of fused-ring (bicyclic) bond motifs is 5. The Morgan fingerprint density at radius 2 is 1.69 bits per heavy atom. The van der Waals surface area contributed by atoms with Gasteiger partial charge in [0, 0.05) is 57.1 Å². The monoisotopic (exact) mass is 710 g/mol. The van der Waals surface area contributed by atoms with Crippen LogP contribution in [0.5, 0.6) is 17.2 Å². The van der Waals surface area contributed by atoms with Gasteiger partial charge in [-0.05, 0) is 18.1 Å². The number of aromatic hydroxyl groups is 1. The van der Waals surface area contributed by atoms with E-state index in [1.807, 2.05) is 0 Å². The molecule has 4 atom stereocenters. The van der Waals surface area contributed by atoms with E-state index >= 15 is 0 Å². The predicted molar refractivity (Wildman–Crippen MR) is 179 cm³/mol. The number of likely N-dealkylation sites (tertiary alicyclic amines) is 1. The van der Waals surface area contributed by atoms with E-state index < -0.39 is 50.5 Å². The number of rotatable bonds is 6. The number of benzene rings is 2. The highest BCUT2D eigenvalue weighted by molar-refractivity contribution is 6.53. The van der Waals surface area contributed by atoms with Crippen LogP contribution in [-0.4, -0.2) is 76.3 Å². The number of para-hydroxylation sites is 1. The number of phenols is 1. The first-order chi connectivity index (χ1) is 23.2. The third kappa shape index (κ3) is 4.26. The van der Waals surface area contributed by atoms with Gasteiger partial charge in [-0.2, -0.15) is 0 Å². The molecule has 4 aromatic rings. The van der Waals surface area contributed by atoms with Crippen LogP contribution in [0, 0.1) is 6.92 Å². The van der Waals surface area contributed by atoms with E-state index in [0.717, 1.165) is 9.47 Å². The number of hydrogen-bond donors (Lipinski definition) is 1. The normalized spacial score (nSPS) is 24.5. The second kappa shape index (κ2) is 11.1. The number of imide groups is 1. The summed E-state index contributed by atoms with van der Waals surface area (Å²) >= 11 is 14.3. The zero-order valence-corrected chi connectivity index (χ0v) is 28.7. The van der Waals surface area contributed by atoms with Crippen molar-refractivity contribution in [1.82, 2.24) is 28.4 Å². The topological polar surface area (TPSA) is 160 Å². The van der Waals surface area contributed by atoms with E-state index in [0.29, 0.717) is 33.7 Å². The lowest BCUT2D eigenvalue weighted by molar-refractivity contribution is -0.137. The lowest BCUT2D eigenvalue weighted by Gasteiger charge is -2.49. The van der Waals surface area contributed by atoms with Crippen molar-refractivity contribution in [2.45, 2.75) is 54.6 Å². The van der Waals surface area contributed by atoms with Crippen molar-refractivity contribution >= 4 is 46.0 Å². The third-order valence-electron chi connectivity index (χ3n) is 10.2. The molecule has 2 aromatic carbocycles. The highest BCUT2D eigenvalue weighted by Crippen LogP contribution is 2.64. The Labute approximate surface area is 288 Å². The summed E-state index contributed by atoms with van der Waals surface area (Å²) in [5.41, 5.74) is 0.566. The van der Waals surface area contributed by atoms with Crippen LogP contribution < -0.4 is 26.4 Å². The Kier molecular flexibility index (Phi) is 7.41. The number of aryl methyl sites for hydroxylation is 3. The van der Waals surface area contributed by atoms with Crippen molar-refractivity contribution in [3.8, 4) is 17.2 Å². The molecular weight excluding hydrogens is 679 g/mol. The standard InChI is InChI=1S/C33H32Cl2N6O8/c1-16-7-6-8-18(26(16)42)25-17-9-12-40-30(46)39(31(47)41(40)22(17)15-32(34)28(44)38(3)29(45)33(25,32)35)11-10-19-27(43)37(2)21-14-24(49-5)23(48-4)13-20(21)36-19/h6-9,13-14,22,25,42H,10-12,15H2,1-5H3. The number of aromatic nitrogens is 5. The quantitative estimate of drug-likeness (QED) is 0.179. The molecule has 4 unspecified atom stereocenters. The summed E-state index contributed by atoms with van der Waals surface area (Å²) in [4.78, 5) is 69.9. The molecule has 49 heavy (non-hydrogen) atoms. The summed E-state index contributed by atoms with van der Waals surface area (Å²) in [6.07, 6.45) is 1.37. The maximum absolute atomic E-state index is 14.1. The Morgan fingerprint density at radius 1 is 1.00 bits per heavy atom. The fourth-order valence-corrected chi connectivity index (χ4v) is 8.59. The van der Waals surface area contributed by atoms with Gasteiger partial charge in [0.05, 0.1) is 37.8 Å². The van der Waals surface area contributed by atoms with Gasteiger partial charge < -0.3 is 19.1 Å². The molecule has 0 bridgehead atoms. The first-order valence-corrected chi connectivity index (χ1v) is 16.2. The smallest absolute Gasteiger partial charge is 0.347 e. The minimum Gasteiger partial charge on any atom is -0.507 e. The van der Waals surface area contributed by atoms with Gasteiger partial charge in [0.1, 0.15) is 11.4 Å². The number of carbonyl (C=O) groups excluding carboxylic acids is 2. The Bertz CT molecular complexity index is 2340. The van der Waals surface area contributed by atoms with E-state index in [9.17, 15) is 29.1 Å². The van der Waals surface area contributed by atoms with Crippen molar-refractivity contribution in [2.75, 3.05) is 21.3 Å². The summed E-state index contributed by atoms with van der Waals surface area (Å²) in [6.45, 7) is 1.44. The maximum atomic E-state index is 14.1. The second-order valence-electron chi connectivity index (χ2n) is 12.6. The number of allylic oxidation sites excluding steroid dienone is 2. The van der Waals surface area contributed by atoms with Gasteiger partial charge in [-0.25, -0.2) is 28.5 Å². The molecule has 14 nitrogen and oxygen atoms in total. The molecular formula is C33H32Cl2N6O8. The van der Waals surface area contributed by atoms with Crippen molar-refractivity contribution < 1.29 is 24.2 Å². The number of ether oxygens (including phenoxy) is 2. The van der Waals surface area contributed by atoms with Gasteiger partial charge >= 0.3 is 11.4 Å². The molecule has 1 saturated carbocycles. The van der Waals surface area contributed by atoms with Gasteiger partial charge in [-0.15, -0.1) is 23.2 Å². The number of alkyl halides is 2. The van der Waals surface area contributed by atoms with Crippen LogP contribution in [0.2, 0.25) is 0 Å². The molecule has 1 saturated heterocycles.